The third kappa shape index (κ3) is 4.42. The van der Waals surface area contributed by atoms with Crippen LogP contribution in [0.25, 0.3) is 0 Å². The highest BCUT2D eigenvalue weighted by molar-refractivity contribution is 5.81. The second-order valence-electron chi connectivity index (χ2n) is 7.66. The predicted octanol–water partition coefficient (Wildman–Crippen LogP) is 2.07. The van der Waals surface area contributed by atoms with Crippen LogP contribution < -0.4 is 4.90 Å². The molecule has 2 aliphatic rings. The molecule has 4 heteroatoms. The summed E-state index contributed by atoms with van der Waals surface area (Å²) in [4.78, 5) is 14.5. The van der Waals surface area contributed by atoms with Crippen molar-refractivity contribution in [3.05, 3.63) is 35.9 Å². The summed E-state index contributed by atoms with van der Waals surface area (Å²) in [5.74, 6) is -0.498. The van der Waals surface area contributed by atoms with Crippen LogP contribution in [-0.2, 0) is 15.1 Å². The quantitative estimate of drug-likeness (QED) is 0.587. The van der Waals surface area contributed by atoms with Gasteiger partial charge in [0.05, 0.1) is 26.2 Å². The van der Waals surface area contributed by atoms with Crippen molar-refractivity contribution in [2.24, 2.45) is 5.92 Å². The molecule has 1 aliphatic carbocycles. The van der Waals surface area contributed by atoms with E-state index in [1.54, 1.807) is 4.90 Å². The lowest BCUT2D eigenvalue weighted by atomic mass is 9.73. The number of hydrogen-bond acceptors (Lipinski definition) is 3. The van der Waals surface area contributed by atoms with E-state index in [0.29, 0.717) is 12.2 Å². The molecule has 1 saturated heterocycles. The molecule has 2 fully saturated rings. The van der Waals surface area contributed by atoms with Crippen LogP contribution in [0.4, 0.5) is 0 Å². The number of carbonyl (C=O) groups excluding carboxylic acids is 1. The molecule has 0 spiro atoms. The lowest BCUT2D eigenvalue weighted by molar-refractivity contribution is -0.887. The smallest absolute Gasteiger partial charge is 0.343 e. The van der Waals surface area contributed by atoms with Gasteiger partial charge in [-0.1, -0.05) is 49.6 Å². The number of aliphatic hydroxyl groups is 1. The maximum atomic E-state index is 12.9. The molecule has 1 aliphatic heterocycles. The Hall–Kier alpha value is -1.39. The fourth-order valence-electron chi connectivity index (χ4n) is 4.45. The van der Waals surface area contributed by atoms with Crippen molar-refractivity contribution in [2.45, 2.75) is 57.0 Å². The highest BCUT2D eigenvalue weighted by Crippen LogP contribution is 2.40. The second-order valence-corrected chi connectivity index (χ2v) is 7.66. The van der Waals surface area contributed by atoms with E-state index in [0.717, 1.165) is 38.6 Å². The minimum atomic E-state index is -1.50. The summed E-state index contributed by atoms with van der Waals surface area (Å²) in [6.07, 6.45) is 8.61. The number of hydrogen-bond donors (Lipinski definition) is 2. The molecule has 1 saturated carbocycles. The van der Waals surface area contributed by atoms with Crippen molar-refractivity contribution in [2.75, 3.05) is 26.2 Å². The summed E-state index contributed by atoms with van der Waals surface area (Å²) >= 11 is 0. The minimum absolute atomic E-state index is 0.0413. The van der Waals surface area contributed by atoms with Gasteiger partial charge in [0.1, 0.15) is 0 Å². The van der Waals surface area contributed by atoms with Gasteiger partial charge in [0.15, 0.2) is 5.60 Å². The van der Waals surface area contributed by atoms with E-state index < -0.39 is 11.6 Å². The monoisotopic (exact) mass is 346 g/mol. The first-order chi connectivity index (χ1) is 12.2. The van der Waals surface area contributed by atoms with E-state index >= 15 is 0 Å². The molecular formula is C21H32NO3+. The topological polar surface area (TPSA) is 51.0 Å². The average molecular weight is 346 g/mol. The molecule has 1 heterocycles. The third-order valence-corrected chi connectivity index (χ3v) is 5.94. The summed E-state index contributed by atoms with van der Waals surface area (Å²) in [6, 6.07) is 9.38. The van der Waals surface area contributed by atoms with Gasteiger partial charge in [0.25, 0.3) is 0 Å². The van der Waals surface area contributed by atoms with Gasteiger partial charge in [0.2, 0.25) is 0 Å². The molecule has 0 amide bonds. The van der Waals surface area contributed by atoms with Crippen LogP contribution in [0.5, 0.6) is 0 Å². The van der Waals surface area contributed by atoms with E-state index in [4.69, 9.17) is 4.74 Å². The van der Waals surface area contributed by atoms with E-state index in [1.807, 2.05) is 30.3 Å². The molecule has 0 bridgehead atoms. The SMILES string of the molecule is O=C(OCCC[NH+]1CCCC1)[C@](O)(c1ccccc1)C1CCCCC1. The van der Waals surface area contributed by atoms with Crippen molar-refractivity contribution >= 4 is 5.97 Å². The highest BCUT2D eigenvalue weighted by Gasteiger charge is 2.47. The Morgan fingerprint density at radius 3 is 2.44 bits per heavy atom. The lowest BCUT2D eigenvalue weighted by Crippen LogP contribution is -3.10. The van der Waals surface area contributed by atoms with Gasteiger partial charge >= 0.3 is 5.97 Å². The molecule has 0 radical (unpaired) electrons. The lowest BCUT2D eigenvalue weighted by Gasteiger charge is -2.36. The molecule has 1 aromatic rings. The Bertz CT molecular complexity index is 535. The van der Waals surface area contributed by atoms with Crippen molar-refractivity contribution < 1.29 is 19.5 Å². The van der Waals surface area contributed by atoms with E-state index in [2.05, 4.69) is 0 Å². The fraction of sp³-hybridized carbons (Fsp3) is 0.667. The zero-order valence-corrected chi connectivity index (χ0v) is 15.2. The standard InChI is InChI=1S/C21H31NO3/c23-20(25-17-9-16-22-14-7-8-15-22)21(24,18-10-3-1-4-11-18)19-12-5-2-6-13-19/h1,3-4,10-11,19,24H,2,5-9,12-17H2/p+1/t21-/m0/s1. The molecule has 2 N–H and O–H groups in total. The Labute approximate surface area is 151 Å². The van der Waals surface area contributed by atoms with Crippen LogP contribution in [-0.4, -0.2) is 37.3 Å². The average Bonchev–Trinajstić information content (AvgIpc) is 3.19. The summed E-state index contributed by atoms with van der Waals surface area (Å²) in [6.45, 7) is 3.94. The fourth-order valence-corrected chi connectivity index (χ4v) is 4.45. The predicted molar refractivity (Wildman–Crippen MR) is 97.3 cm³/mol. The van der Waals surface area contributed by atoms with Crippen LogP contribution in [0, 0.1) is 5.92 Å². The van der Waals surface area contributed by atoms with E-state index in [-0.39, 0.29) is 5.92 Å². The normalized spacial score (nSPS) is 21.8. The van der Waals surface area contributed by atoms with Crippen LogP contribution >= 0.6 is 0 Å². The number of carbonyl (C=O) groups is 1. The number of ether oxygens (including phenoxy) is 1. The highest BCUT2D eigenvalue weighted by atomic mass is 16.5. The minimum Gasteiger partial charge on any atom is -0.463 e. The maximum Gasteiger partial charge on any atom is 0.343 e. The van der Waals surface area contributed by atoms with Crippen molar-refractivity contribution in [1.82, 2.24) is 0 Å². The van der Waals surface area contributed by atoms with Gasteiger partial charge in [-0.3, -0.25) is 0 Å². The van der Waals surface area contributed by atoms with Crippen LogP contribution in [0.3, 0.4) is 0 Å². The van der Waals surface area contributed by atoms with Gasteiger partial charge in [-0.25, -0.2) is 4.79 Å². The first kappa shape index (κ1) is 18.4. The molecule has 1 atom stereocenters. The van der Waals surface area contributed by atoms with Crippen molar-refractivity contribution in [3.63, 3.8) is 0 Å². The number of nitrogens with one attached hydrogen (secondary N) is 1. The van der Waals surface area contributed by atoms with Gasteiger partial charge in [-0.15, -0.1) is 0 Å². The molecule has 1 aromatic carbocycles. The van der Waals surface area contributed by atoms with E-state index in [9.17, 15) is 9.90 Å². The molecule has 25 heavy (non-hydrogen) atoms. The summed E-state index contributed by atoms with van der Waals surface area (Å²) in [7, 11) is 0. The first-order valence-corrected chi connectivity index (χ1v) is 10.00. The zero-order valence-electron chi connectivity index (χ0n) is 15.2. The molecule has 3 rings (SSSR count). The summed E-state index contributed by atoms with van der Waals surface area (Å²) in [5.41, 5.74) is -0.820. The molecule has 4 nitrogen and oxygen atoms in total. The Kier molecular flexibility index (Phi) is 6.49. The first-order valence-electron chi connectivity index (χ1n) is 10.00. The van der Waals surface area contributed by atoms with Crippen LogP contribution in [0.15, 0.2) is 30.3 Å². The Morgan fingerprint density at radius 2 is 1.76 bits per heavy atom. The number of quaternary nitrogens is 1. The Balaban J connectivity index is 1.62. The van der Waals surface area contributed by atoms with Crippen molar-refractivity contribution in [1.29, 1.82) is 0 Å². The van der Waals surface area contributed by atoms with Gasteiger partial charge in [-0.2, -0.15) is 0 Å². The maximum absolute atomic E-state index is 12.9. The molecule has 0 unspecified atom stereocenters. The number of likely N-dealkylation sites (tertiary alicyclic amines) is 1. The van der Waals surface area contributed by atoms with Gasteiger partial charge in [-0.05, 0) is 18.4 Å². The number of rotatable bonds is 7. The van der Waals surface area contributed by atoms with E-state index in [1.165, 1.54) is 32.4 Å². The third-order valence-electron chi connectivity index (χ3n) is 5.94. The largest absolute Gasteiger partial charge is 0.463 e. The number of esters is 1. The Morgan fingerprint density at radius 1 is 1.08 bits per heavy atom. The summed E-state index contributed by atoms with van der Waals surface area (Å²) in [5, 5.41) is 11.4. The molecule has 138 valence electrons. The number of benzene rings is 1. The second kappa shape index (κ2) is 8.81. The zero-order chi connectivity index (χ0) is 17.5. The van der Waals surface area contributed by atoms with Crippen molar-refractivity contribution in [3.8, 4) is 0 Å². The summed E-state index contributed by atoms with van der Waals surface area (Å²) < 4.78 is 5.57. The molecule has 0 aromatic heterocycles. The molecular weight excluding hydrogens is 314 g/mol. The van der Waals surface area contributed by atoms with Crippen LogP contribution in [0.1, 0.15) is 56.9 Å². The van der Waals surface area contributed by atoms with Gasteiger partial charge < -0.3 is 14.7 Å². The van der Waals surface area contributed by atoms with Gasteiger partial charge in [0, 0.05) is 25.2 Å². The van der Waals surface area contributed by atoms with Crippen LogP contribution in [0.2, 0.25) is 0 Å².